The van der Waals surface area contributed by atoms with Crippen molar-refractivity contribution in [3.05, 3.63) is 57.5 Å². The smallest absolute Gasteiger partial charge is 0.291 e. The Kier molecular flexibility index (Phi) is 3.84. The third kappa shape index (κ3) is 2.85. The van der Waals surface area contributed by atoms with Crippen LogP contribution >= 0.6 is 0 Å². The molecule has 0 bridgehead atoms. The Labute approximate surface area is 115 Å². The van der Waals surface area contributed by atoms with E-state index >= 15 is 0 Å². The number of nitro benzene ring substituents is 1. The number of furan rings is 1. The van der Waals surface area contributed by atoms with Crippen LogP contribution < -0.4 is 5.32 Å². The van der Waals surface area contributed by atoms with Crippen LogP contribution in [0.3, 0.4) is 0 Å². The number of rotatable bonds is 4. The fourth-order valence-electron chi connectivity index (χ4n) is 1.73. The second-order valence-corrected chi connectivity index (χ2v) is 4.33. The molecule has 1 heterocycles. The minimum absolute atomic E-state index is 0.0698. The monoisotopic (exact) mass is 274 g/mol. The zero-order chi connectivity index (χ0) is 14.7. The highest BCUT2D eigenvalue weighted by Crippen LogP contribution is 2.22. The van der Waals surface area contributed by atoms with Crippen molar-refractivity contribution in [1.29, 1.82) is 0 Å². The molecule has 0 saturated heterocycles. The summed E-state index contributed by atoms with van der Waals surface area (Å²) in [6.07, 6.45) is 0.698. The number of amides is 1. The van der Waals surface area contributed by atoms with Crippen molar-refractivity contribution in [1.82, 2.24) is 0 Å². The Morgan fingerprint density at radius 2 is 2.10 bits per heavy atom. The molecule has 1 aromatic heterocycles. The highest BCUT2D eigenvalue weighted by Gasteiger charge is 2.14. The zero-order valence-electron chi connectivity index (χ0n) is 11.2. The Balaban J connectivity index is 2.22. The lowest BCUT2D eigenvalue weighted by Crippen LogP contribution is -2.12. The molecular weight excluding hydrogens is 260 g/mol. The standard InChI is InChI=1S/C14H14N2O4/c1-3-11-6-7-13(20-11)14(17)15-12-8-10(16(18)19)5-4-9(12)2/h4-8H,3H2,1-2H3,(H,15,17). The Hall–Kier alpha value is -2.63. The summed E-state index contributed by atoms with van der Waals surface area (Å²) in [6, 6.07) is 7.63. The summed E-state index contributed by atoms with van der Waals surface area (Å²) in [5.41, 5.74) is 1.07. The fourth-order valence-corrected chi connectivity index (χ4v) is 1.73. The first kappa shape index (κ1) is 13.8. The molecule has 2 aromatic rings. The Bertz CT molecular complexity index is 661. The van der Waals surface area contributed by atoms with Crippen LogP contribution in [0.4, 0.5) is 11.4 Å². The van der Waals surface area contributed by atoms with Crippen LogP contribution in [0.1, 0.15) is 28.8 Å². The van der Waals surface area contributed by atoms with E-state index in [1.165, 1.54) is 12.1 Å². The number of aryl methyl sites for hydroxylation is 2. The van der Waals surface area contributed by atoms with Crippen molar-refractivity contribution < 1.29 is 14.1 Å². The maximum absolute atomic E-state index is 12.0. The van der Waals surface area contributed by atoms with Gasteiger partial charge in [0.15, 0.2) is 5.76 Å². The van der Waals surface area contributed by atoms with Gasteiger partial charge in [-0.05, 0) is 24.6 Å². The second-order valence-electron chi connectivity index (χ2n) is 4.33. The number of hydrogen-bond donors (Lipinski definition) is 1. The molecule has 6 heteroatoms. The normalized spacial score (nSPS) is 10.3. The molecular formula is C14H14N2O4. The van der Waals surface area contributed by atoms with E-state index in [-0.39, 0.29) is 11.4 Å². The van der Waals surface area contributed by atoms with E-state index in [1.54, 1.807) is 25.1 Å². The fraction of sp³-hybridized carbons (Fsp3) is 0.214. The molecule has 0 spiro atoms. The molecule has 0 aliphatic carbocycles. The van der Waals surface area contributed by atoms with E-state index in [2.05, 4.69) is 5.32 Å². The number of benzene rings is 1. The molecule has 0 saturated carbocycles. The third-order valence-corrected chi connectivity index (χ3v) is 2.91. The number of hydrogen-bond acceptors (Lipinski definition) is 4. The van der Waals surface area contributed by atoms with Gasteiger partial charge in [0.25, 0.3) is 11.6 Å². The van der Waals surface area contributed by atoms with Crippen LogP contribution in [-0.2, 0) is 6.42 Å². The molecule has 2 rings (SSSR count). The zero-order valence-corrected chi connectivity index (χ0v) is 11.2. The molecule has 0 radical (unpaired) electrons. The van der Waals surface area contributed by atoms with E-state index in [0.29, 0.717) is 17.9 Å². The number of non-ortho nitro benzene ring substituents is 1. The topological polar surface area (TPSA) is 85.4 Å². The van der Waals surface area contributed by atoms with E-state index in [4.69, 9.17) is 4.42 Å². The predicted octanol–water partition coefficient (Wildman–Crippen LogP) is 3.31. The maximum atomic E-state index is 12.0. The van der Waals surface area contributed by atoms with Crippen molar-refractivity contribution >= 4 is 17.3 Å². The summed E-state index contributed by atoms with van der Waals surface area (Å²) in [6.45, 7) is 3.68. The van der Waals surface area contributed by atoms with Crippen LogP contribution in [0.2, 0.25) is 0 Å². The summed E-state index contributed by atoms with van der Waals surface area (Å²) < 4.78 is 5.34. The van der Waals surface area contributed by atoms with Gasteiger partial charge < -0.3 is 9.73 Å². The number of carbonyl (C=O) groups excluding carboxylic acids is 1. The van der Waals surface area contributed by atoms with Gasteiger partial charge in [-0.25, -0.2) is 0 Å². The number of nitro groups is 1. The lowest BCUT2D eigenvalue weighted by Gasteiger charge is -2.06. The first-order valence-corrected chi connectivity index (χ1v) is 6.16. The molecule has 0 atom stereocenters. The molecule has 1 aromatic carbocycles. The minimum atomic E-state index is -0.503. The largest absolute Gasteiger partial charge is 0.456 e. The van der Waals surface area contributed by atoms with E-state index in [0.717, 1.165) is 5.56 Å². The van der Waals surface area contributed by atoms with Crippen LogP contribution in [0.5, 0.6) is 0 Å². The first-order valence-electron chi connectivity index (χ1n) is 6.16. The second kappa shape index (κ2) is 5.56. The number of carbonyl (C=O) groups is 1. The molecule has 104 valence electrons. The molecule has 1 N–H and O–H groups in total. The molecule has 0 aliphatic heterocycles. The lowest BCUT2D eigenvalue weighted by molar-refractivity contribution is -0.384. The average Bonchev–Trinajstić information content (AvgIpc) is 2.89. The summed E-state index contributed by atoms with van der Waals surface area (Å²) in [5, 5.41) is 13.4. The van der Waals surface area contributed by atoms with Gasteiger partial charge in [0, 0.05) is 18.6 Å². The van der Waals surface area contributed by atoms with Crippen molar-refractivity contribution in [2.75, 3.05) is 5.32 Å². The van der Waals surface area contributed by atoms with Crippen molar-refractivity contribution in [3.8, 4) is 0 Å². The Morgan fingerprint density at radius 1 is 1.35 bits per heavy atom. The third-order valence-electron chi connectivity index (χ3n) is 2.91. The summed E-state index contributed by atoms with van der Waals surface area (Å²) in [4.78, 5) is 22.2. The van der Waals surface area contributed by atoms with Crippen molar-refractivity contribution in [3.63, 3.8) is 0 Å². The highest BCUT2D eigenvalue weighted by molar-refractivity contribution is 6.02. The van der Waals surface area contributed by atoms with Crippen LogP contribution in [0.25, 0.3) is 0 Å². The van der Waals surface area contributed by atoms with Gasteiger partial charge in [0.05, 0.1) is 10.6 Å². The highest BCUT2D eigenvalue weighted by atomic mass is 16.6. The Morgan fingerprint density at radius 3 is 2.70 bits per heavy atom. The van der Waals surface area contributed by atoms with Crippen LogP contribution in [0, 0.1) is 17.0 Å². The van der Waals surface area contributed by atoms with Crippen molar-refractivity contribution in [2.24, 2.45) is 0 Å². The molecule has 20 heavy (non-hydrogen) atoms. The molecule has 0 aliphatic rings. The number of nitrogens with one attached hydrogen (secondary N) is 1. The molecule has 0 unspecified atom stereocenters. The van der Waals surface area contributed by atoms with Crippen LogP contribution in [-0.4, -0.2) is 10.8 Å². The maximum Gasteiger partial charge on any atom is 0.291 e. The molecule has 0 fully saturated rings. The first-order chi connectivity index (χ1) is 9.51. The number of anilines is 1. The molecule has 6 nitrogen and oxygen atoms in total. The van der Waals surface area contributed by atoms with Gasteiger partial charge in [-0.2, -0.15) is 0 Å². The lowest BCUT2D eigenvalue weighted by atomic mass is 10.2. The van der Waals surface area contributed by atoms with E-state index < -0.39 is 10.8 Å². The van der Waals surface area contributed by atoms with Crippen LogP contribution in [0.15, 0.2) is 34.7 Å². The predicted molar refractivity (Wildman–Crippen MR) is 73.9 cm³/mol. The SMILES string of the molecule is CCc1ccc(C(=O)Nc2cc([N+](=O)[O-])ccc2C)o1. The number of nitrogens with zero attached hydrogens (tertiary/aromatic N) is 1. The molecule has 1 amide bonds. The van der Waals surface area contributed by atoms with Gasteiger partial charge in [0.2, 0.25) is 0 Å². The summed E-state index contributed by atoms with van der Waals surface area (Å²) in [5.74, 6) is 0.479. The van der Waals surface area contributed by atoms with Gasteiger partial charge in [-0.3, -0.25) is 14.9 Å². The summed E-state index contributed by atoms with van der Waals surface area (Å²) in [7, 11) is 0. The summed E-state index contributed by atoms with van der Waals surface area (Å²) >= 11 is 0. The minimum Gasteiger partial charge on any atom is -0.456 e. The van der Waals surface area contributed by atoms with Crippen molar-refractivity contribution in [2.45, 2.75) is 20.3 Å². The quantitative estimate of drug-likeness (QED) is 0.684. The van der Waals surface area contributed by atoms with Gasteiger partial charge in [-0.15, -0.1) is 0 Å². The van der Waals surface area contributed by atoms with E-state index in [9.17, 15) is 14.9 Å². The van der Waals surface area contributed by atoms with Gasteiger partial charge >= 0.3 is 0 Å². The van der Waals surface area contributed by atoms with E-state index in [1.807, 2.05) is 6.92 Å². The van der Waals surface area contributed by atoms with Gasteiger partial charge in [0.1, 0.15) is 5.76 Å². The van der Waals surface area contributed by atoms with Gasteiger partial charge in [-0.1, -0.05) is 13.0 Å². The average molecular weight is 274 g/mol.